The zero-order valence-corrected chi connectivity index (χ0v) is 17.6. The minimum absolute atomic E-state index is 0.0230. The Balaban J connectivity index is 1.63. The fourth-order valence-electron chi connectivity index (χ4n) is 3.99. The molecule has 0 spiro atoms. The van der Waals surface area contributed by atoms with Gasteiger partial charge in [0.2, 0.25) is 0 Å². The van der Waals surface area contributed by atoms with Gasteiger partial charge in [0, 0.05) is 37.9 Å². The van der Waals surface area contributed by atoms with Crippen LogP contribution in [-0.2, 0) is 6.42 Å². The van der Waals surface area contributed by atoms with Gasteiger partial charge in [-0.05, 0) is 36.0 Å². The minimum Gasteiger partial charge on any atom is -0.322 e. The number of hydrogen-bond acceptors (Lipinski definition) is 2. The van der Waals surface area contributed by atoms with Gasteiger partial charge in [-0.1, -0.05) is 69.3 Å². The lowest BCUT2D eigenvalue weighted by molar-refractivity contribution is 0.119. The Kier molecular flexibility index (Phi) is 6.74. The Hall–Kier alpha value is -2.33. The van der Waals surface area contributed by atoms with Crippen LogP contribution in [-0.4, -0.2) is 42.0 Å². The molecule has 1 aliphatic rings. The SMILES string of the molecule is CCc1cccc(C(C)C)c1NC(=O)N1CCN(C(C)c2ccccc2)CC1. The van der Waals surface area contributed by atoms with E-state index in [0.29, 0.717) is 12.0 Å². The quantitative estimate of drug-likeness (QED) is 0.767. The third-order valence-electron chi connectivity index (χ3n) is 5.85. The Morgan fingerprint density at radius 2 is 1.64 bits per heavy atom. The van der Waals surface area contributed by atoms with E-state index in [2.05, 4.69) is 86.4 Å². The van der Waals surface area contributed by atoms with Gasteiger partial charge in [-0.3, -0.25) is 4.90 Å². The number of carbonyl (C=O) groups is 1. The molecular weight excluding hydrogens is 346 g/mol. The molecule has 150 valence electrons. The zero-order chi connectivity index (χ0) is 20.1. The van der Waals surface area contributed by atoms with Crippen LogP contribution in [0.15, 0.2) is 48.5 Å². The van der Waals surface area contributed by atoms with E-state index >= 15 is 0 Å². The van der Waals surface area contributed by atoms with Crippen molar-refractivity contribution < 1.29 is 4.79 Å². The van der Waals surface area contributed by atoms with Crippen molar-refractivity contribution in [1.82, 2.24) is 9.80 Å². The molecule has 0 saturated carbocycles. The van der Waals surface area contributed by atoms with Gasteiger partial charge >= 0.3 is 6.03 Å². The van der Waals surface area contributed by atoms with E-state index in [1.165, 1.54) is 16.7 Å². The monoisotopic (exact) mass is 379 g/mol. The fourth-order valence-corrected chi connectivity index (χ4v) is 3.99. The molecule has 2 aromatic rings. The number of para-hydroxylation sites is 1. The van der Waals surface area contributed by atoms with Crippen LogP contribution in [0.2, 0.25) is 0 Å². The largest absolute Gasteiger partial charge is 0.322 e. The van der Waals surface area contributed by atoms with Gasteiger partial charge < -0.3 is 10.2 Å². The van der Waals surface area contributed by atoms with Crippen LogP contribution >= 0.6 is 0 Å². The van der Waals surface area contributed by atoms with Crippen LogP contribution in [0.3, 0.4) is 0 Å². The molecule has 28 heavy (non-hydrogen) atoms. The third-order valence-corrected chi connectivity index (χ3v) is 5.85. The first-order valence-corrected chi connectivity index (χ1v) is 10.5. The molecule has 1 saturated heterocycles. The summed E-state index contributed by atoms with van der Waals surface area (Å²) in [6.07, 6.45) is 0.915. The van der Waals surface area contributed by atoms with Crippen LogP contribution in [0.25, 0.3) is 0 Å². The highest BCUT2D eigenvalue weighted by Gasteiger charge is 2.25. The minimum atomic E-state index is 0.0230. The lowest BCUT2D eigenvalue weighted by atomic mass is 9.96. The molecule has 3 rings (SSSR count). The van der Waals surface area contributed by atoms with Gasteiger partial charge in [-0.25, -0.2) is 4.79 Å². The van der Waals surface area contributed by atoms with E-state index in [-0.39, 0.29) is 6.03 Å². The summed E-state index contributed by atoms with van der Waals surface area (Å²) in [4.78, 5) is 17.4. The molecule has 4 heteroatoms. The van der Waals surface area contributed by atoms with E-state index < -0.39 is 0 Å². The highest BCUT2D eigenvalue weighted by Crippen LogP contribution is 2.29. The lowest BCUT2D eigenvalue weighted by Crippen LogP contribution is -2.50. The molecule has 4 nitrogen and oxygen atoms in total. The van der Waals surface area contributed by atoms with Crippen molar-refractivity contribution in [3.8, 4) is 0 Å². The maximum absolute atomic E-state index is 13.0. The normalized spacial score (nSPS) is 16.2. The number of nitrogens with one attached hydrogen (secondary N) is 1. The molecule has 1 fully saturated rings. The maximum Gasteiger partial charge on any atom is 0.321 e. The van der Waals surface area contributed by atoms with Crippen molar-refractivity contribution >= 4 is 11.7 Å². The predicted molar refractivity (Wildman–Crippen MR) is 117 cm³/mol. The lowest BCUT2D eigenvalue weighted by Gasteiger charge is -2.38. The Morgan fingerprint density at radius 1 is 0.964 bits per heavy atom. The molecule has 1 unspecified atom stereocenters. The second kappa shape index (κ2) is 9.24. The second-order valence-electron chi connectivity index (χ2n) is 7.93. The molecule has 1 heterocycles. The molecule has 0 aliphatic carbocycles. The van der Waals surface area contributed by atoms with Gasteiger partial charge in [0.25, 0.3) is 0 Å². The second-order valence-corrected chi connectivity index (χ2v) is 7.93. The zero-order valence-electron chi connectivity index (χ0n) is 17.6. The van der Waals surface area contributed by atoms with Gasteiger partial charge in [0.1, 0.15) is 0 Å². The number of hydrogen-bond donors (Lipinski definition) is 1. The summed E-state index contributed by atoms with van der Waals surface area (Å²) in [7, 11) is 0. The topological polar surface area (TPSA) is 35.6 Å². The molecule has 2 aromatic carbocycles. The van der Waals surface area contributed by atoms with E-state index in [0.717, 1.165) is 38.3 Å². The number of aryl methyl sites for hydroxylation is 1. The van der Waals surface area contributed by atoms with Crippen molar-refractivity contribution in [2.24, 2.45) is 0 Å². The average molecular weight is 380 g/mol. The van der Waals surface area contributed by atoms with Crippen molar-refractivity contribution in [3.63, 3.8) is 0 Å². The average Bonchev–Trinajstić information content (AvgIpc) is 2.73. The fraction of sp³-hybridized carbons (Fsp3) is 0.458. The molecule has 0 bridgehead atoms. The number of anilines is 1. The van der Waals surface area contributed by atoms with Crippen LogP contribution < -0.4 is 5.32 Å². The number of piperazine rings is 1. The molecule has 0 aromatic heterocycles. The Labute approximate surface area is 169 Å². The predicted octanol–water partition coefficient (Wildman–Crippen LogP) is 5.28. The van der Waals surface area contributed by atoms with Gasteiger partial charge in [-0.15, -0.1) is 0 Å². The number of urea groups is 1. The third kappa shape index (κ3) is 4.56. The van der Waals surface area contributed by atoms with E-state index in [4.69, 9.17) is 0 Å². The summed E-state index contributed by atoms with van der Waals surface area (Å²) < 4.78 is 0. The molecular formula is C24H33N3O. The van der Waals surface area contributed by atoms with Crippen LogP contribution in [0.4, 0.5) is 10.5 Å². The standard InChI is InChI=1S/C24H33N3O/c1-5-20-12-9-13-22(18(2)3)23(20)25-24(28)27-16-14-26(15-17-27)19(4)21-10-7-6-8-11-21/h6-13,18-19H,5,14-17H2,1-4H3,(H,25,28). The first-order valence-electron chi connectivity index (χ1n) is 10.5. The first-order chi connectivity index (χ1) is 13.5. The highest BCUT2D eigenvalue weighted by atomic mass is 16.2. The summed E-state index contributed by atoms with van der Waals surface area (Å²) >= 11 is 0. The first kappa shape index (κ1) is 20.4. The van der Waals surface area contributed by atoms with Gasteiger partial charge in [0.15, 0.2) is 0 Å². The number of rotatable bonds is 5. The number of nitrogens with zero attached hydrogens (tertiary/aromatic N) is 2. The van der Waals surface area contributed by atoms with E-state index in [9.17, 15) is 4.79 Å². The van der Waals surface area contributed by atoms with E-state index in [1.807, 2.05) is 4.90 Å². The molecule has 1 atom stereocenters. The molecule has 0 radical (unpaired) electrons. The van der Waals surface area contributed by atoms with E-state index in [1.54, 1.807) is 0 Å². The van der Waals surface area contributed by atoms with Crippen LogP contribution in [0.5, 0.6) is 0 Å². The van der Waals surface area contributed by atoms with Crippen LogP contribution in [0, 0.1) is 0 Å². The van der Waals surface area contributed by atoms with Gasteiger partial charge in [0.05, 0.1) is 0 Å². The number of carbonyl (C=O) groups excluding carboxylic acids is 1. The summed E-state index contributed by atoms with van der Waals surface area (Å²) in [5.74, 6) is 0.380. The molecule has 1 N–H and O–H groups in total. The summed E-state index contributed by atoms with van der Waals surface area (Å²) in [5, 5.41) is 3.23. The molecule has 2 amide bonds. The van der Waals surface area contributed by atoms with Crippen molar-refractivity contribution in [3.05, 3.63) is 65.2 Å². The van der Waals surface area contributed by atoms with Crippen LogP contribution in [0.1, 0.15) is 56.3 Å². The highest BCUT2D eigenvalue weighted by molar-refractivity contribution is 5.91. The molecule has 1 aliphatic heterocycles. The maximum atomic E-state index is 13.0. The smallest absolute Gasteiger partial charge is 0.321 e. The van der Waals surface area contributed by atoms with Gasteiger partial charge in [-0.2, -0.15) is 0 Å². The summed E-state index contributed by atoms with van der Waals surface area (Å²) in [6, 6.07) is 17.3. The summed E-state index contributed by atoms with van der Waals surface area (Å²) in [6.45, 7) is 12.0. The van der Waals surface area contributed by atoms with Crippen molar-refractivity contribution in [2.45, 2.75) is 46.1 Å². The Bertz CT molecular complexity index is 780. The number of amides is 2. The number of benzene rings is 2. The van der Waals surface area contributed by atoms with Crippen molar-refractivity contribution in [1.29, 1.82) is 0 Å². The van der Waals surface area contributed by atoms with Crippen molar-refractivity contribution in [2.75, 3.05) is 31.5 Å². The Morgan fingerprint density at radius 3 is 2.25 bits per heavy atom. The summed E-state index contributed by atoms with van der Waals surface area (Å²) in [5.41, 5.74) is 4.75.